The number of hydrogen-bond donors (Lipinski definition) is 1. The van der Waals surface area contributed by atoms with Crippen LogP contribution in [0.4, 0.5) is 11.4 Å². The van der Waals surface area contributed by atoms with E-state index in [9.17, 15) is 23.6 Å². The number of sulfonamides is 1. The van der Waals surface area contributed by atoms with E-state index in [1.165, 1.54) is 16.4 Å². The SMILES string of the molecule is CCC1(O)CN(c2ccc(S(=O)(=O)N3CCCCCC3)cc2[N+](=O)[O-])C1. The molecule has 0 atom stereocenters. The molecule has 2 aliphatic heterocycles. The van der Waals surface area contributed by atoms with Gasteiger partial charge in [0.15, 0.2) is 0 Å². The molecule has 0 aromatic heterocycles. The molecule has 26 heavy (non-hydrogen) atoms. The fraction of sp³-hybridized carbons (Fsp3) is 0.647. The summed E-state index contributed by atoms with van der Waals surface area (Å²) < 4.78 is 27.2. The number of nitrogens with zero attached hydrogens (tertiary/aromatic N) is 3. The Morgan fingerprint density at radius 1 is 1.19 bits per heavy atom. The number of nitro groups is 1. The molecule has 1 aromatic carbocycles. The third-order valence-electron chi connectivity index (χ3n) is 5.32. The quantitative estimate of drug-likeness (QED) is 0.617. The second-order valence-electron chi connectivity index (χ2n) is 7.16. The first-order valence-electron chi connectivity index (χ1n) is 9.03. The Labute approximate surface area is 153 Å². The molecule has 0 aliphatic carbocycles. The molecule has 3 rings (SSSR count). The first kappa shape index (κ1) is 19.1. The van der Waals surface area contributed by atoms with E-state index in [0.717, 1.165) is 31.7 Å². The minimum atomic E-state index is -3.74. The highest BCUT2D eigenvalue weighted by molar-refractivity contribution is 7.89. The smallest absolute Gasteiger partial charge is 0.293 e. The largest absolute Gasteiger partial charge is 0.386 e. The van der Waals surface area contributed by atoms with Crippen LogP contribution in [0.25, 0.3) is 0 Å². The minimum absolute atomic E-state index is 0.0406. The van der Waals surface area contributed by atoms with Crippen molar-refractivity contribution in [3.63, 3.8) is 0 Å². The molecular weight excluding hydrogens is 358 g/mol. The molecule has 1 aromatic rings. The predicted molar refractivity (Wildman–Crippen MR) is 97.8 cm³/mol. The molecular formula is C17H25N3O5S. The highest BCUT2D eigenvalue weighted by Crippen LogP contribution is 2.37. The average molecular weight is 383 g/mol. The molecule has 0 spiro atoms. The van der Waals surface area contributed by atoms with Crippen LogP contribution in [0, 0.1) is 10.1 Å². The van der Waals surface area contributed by atoms with Gasteiger partial charge in [-0.2, -0.15) is 4.31 Å². The lowest BCUT2D eigenvalue weighted by Crippen LogP contribution is -2.61. The Bertz CT molecular complexity index is 782. The van der Waals surface area contributed by atoms with Crippen molar-refractivity contribution in [3.8, 4) is 0 Å². The number of β-amino-alcohol motifs (C(OH)–C–C–N with tert-alkyl or cyclic N) is 1. The number of nitro benzene ring substituents is 1. The highest BCUT2D eigenvalue weighted by Gasteiger charge is 2.42. The van der Waals surface area contributed by atoms with E-state index in [1.807, 2.05) is 6.92 Å². The summed E-state index contributed by atoms with van der Waals surface area (Å²) in [5.74, 6) is 0. The number of aliphatic hydroxyl groups is 1. The van der Waals surface area contributed by atoms with E-state index in [1.54, 1.807) is 4.90 Å². The summed E-state index contributed by atoms with van der Waals surface area (Å²) in [5, 5.41) is 21.7. The minimum Gasteiger partial charge on any atom is -0.386 e. The van der Waals surface area contributed by atoms with Gasteiger partial charge in [-0.3, -0.25) is 10.1 Å². The summed E-state index contributed by atoms with van der Waals surface area (Å²) in [6, 6.07) is 4.07. The van der Waals surface area contributed by atoms with Crippen molar-refractivity contribution in [2.24, 2.45) is 0 Å². The van der Waals surface area contributed by atoms with Crippen molar-refractivity contribution >= 4 is 21.4 Å². The second kappa shape index (κ2) is 7.13. The third-order valence-corrected chi connectivity index (χ3v) is 7.21. The van der Waals surface area contributed by atoms with Crippen LogP contribution in [0.1, 0.15) is 39.0 Å². The normalized spacial score (nSPS) is 21.1. The lowest BCUT2D eigenvalue weighted by Gasteiger charge is -2.47. The van der Waals surface area contributed by atoms with Crippen LogP contribution in [0.15, 0.2) is 23.1 Å². The fourth-order valence-corrected chi connectivity index (χ4v) is 5.10. The molecule has 8 nitrogen and oxygen atoms in total. The number of benzene rings is 1. The van der Waals surface area contributed by atoms with Crippen LogP contribution >= 0.6 is 0 Å². The van der Waals surface area contributed by atoms with Gasteiger partial charge in [-0.15, -0.1) is 0 Å². The zero-order valence-electron chi connectivity index (χ0n) is 14.9. The fourth-order valence-electron chi connectivity index (χ4n) is 3.57. The molecule has 2 heterocycles. The van der Waals surface area contributed by atoms with Gasteiger partial charge in [-0.25, -0.2) is 8.42 Å². The van der Waals surface area contributed by atoms with Crippen molar-refractivity contribution < 1.29 is 18.4 Å². The van der Waals surface area contributed by atoms with Crippen LogP contribution in [-0.4, -0.2) is 54.5 Å². The molecule has 2 fully saturated rings. The maximum absolute atomic E-state index is 12.9. The Hall–Kier alpha value is -1.71. The Balaban J connectivity index is 1.90. The van der Waals surface area contributed by atoms with Crippen molar-refractivity contribution in [2.45, 2.75) is 49.5 Å². The van der Waals surface area contributed by atoms with E-state index in [2.05, 4.69) is 0 Å². The first-order valence-corrected chi connectivity index (χ1v) is 10.5. The van der Waals surface area contributed by atoms with Gasteiger partial charge in [0.1, 0.15) is 5.69 Å². The number of hydrogen-bond acceptors (Lipinski definition) is 6. The van der Waals surface area contributed by atoms with E-state index in [4.69, 9.17) is 0 Å². The summed E-state index contributed by atoms with van der Waals surface area (Å²) in [6.45, 7) is 3.38. The maximum Gasteiger partial charge on any atom is 0.293 e. The molecule has 0 bridgehead atoms. The number of anilines is 1. The molecule has 2 saturated heterocycles. The number of rotatable bonds is 5. The maximum atomic E-state index is 12.9. The van der Waals surface area contributed by atoms with Crippen LogP contribution in [0.2, 0.25) is 0 Å². The van der Waals surface area contributed by atoms with Crippen LogP contribution in [0.5, 0.6) is 0 Å². The van der Waals surface area contributed by atoms with Crippen LogP contribution < -0.4 is 4.90 Å². The Kier molecular flexibility index (Phi) is 5.23. The monoisotopic (exact) mass is 383 g/mol. The van der Waals surface area contributed by atoms with Crippen LogP contribution in [-0.2, 0) is 10.0 Å². The molecule has 0 amide bonds. The van der Waals surface area contributed by atoms with E-state index >= 15 is 0 Å². The van der Waals surface area contributed by atoms with Crippen LogP contribution in [0.3, 0.4) is 0 Å². The Morgan fingerprint density at radius 2 is 1.81 bits per heavy atom. The Morgan fingerprint density at radius 3 is 2.35 bits per heavy atom. The molecule has 1 N–H and O–H groups in total. The lowest BCUT2D eigenvalue weighted by molar-refractivity contribution is -0.384. The van der Waals surface area contributed by atoms with E-state index < -0.39 is 20.5 Å². The predicted octanol–water partition coefficient (Wildman–Crippen LogP) is 2.12. The molecule has 2 aliphatic rings. The topological polar surface area (TPSA) is 104 Å². The highest BCUT2D eigenvalue weighted by atomic mass is 32.2. The van der Waals surface area contributed by atoms with Crippen molar-refractivity contribution in [1.29, 1.82) is 0 Å². The van der Waals surface area contributed by atoms with Gasteiger partial charge in [-0.05, 0) is 31.4 Å². The summed E-state index contributed by atoms with van der Waals surface area (Å²) in [4.78, 5) is 12.6. The zero-order valence-corrected chi connectivity index (χ0v) is 15.7. The average Bonchev–Trinajstić information content (AvgIpc) is 2.88. The third kappa shape index (κ3) is 3.56. The molecule has 0 saturated carbocycles. The van der Waals surface area contributed by atoms with E-state index in [-0.39, 0.29) is 10.6 Å². The van der Waals surface area contributed by atoms with Gasteiger partial charge in [0.05, 0.1) is 15.4 Å². The standard InChI is InChI=1S/C17H25N3O5S/c1-2-17(21)12-18(13-17)15-8-7-14(11-16(15)20(22)23)26(24,25)19-9-5-3-4-6-10-19/h7-8,11,21H,2-6,9-10,12-13H2,1H3. The molecule has 0 unspecified atom stereocenters. The van der Waals surface area contributed by atoms with Crippen molar-refractivity contribution in [3.05, 3.63) is 28.3 Å². The summed E-state index contributed by atoms with van der Waals surface area (Å²) in [5.41, 5.74) is -0.716. The van der Waals surface area contributed by atoms with Gasteiger partial charge in [0.25, 0.3) is 5.69 Å². The van der Waals surface area contributed by atoms with E-state index in [0.29, 0.717) is 38.3 Å². The summed E-state index contributed by atoms with van der Waals surface area (Å²) in [7, 11) is -3.74. The first-order chi connectivity index (χ1) is 12.3. The van der Waals surface area contributed by atoms with Gasteiger partial charge in [0.2, 0.25) is 10.0 Å². The van der Waals surface area contributed by atoms with Crippen molar-refractivity contribution in [1.82, 2.24) is 4.31 Å². The van der Waals surface area contributed by atoms with Gasteiger partial charge in [-0.1, -0.05) is 19.8 Å². The second-order valence-corrected chi connectivity index (χ2v) is 9.10. The summed E-state index contributed by atoms with van der Waals surface area (Å²) in [6.07, 6.45) is 4.19. The van der Waals surface area contributed by atoms with Gasteiger partial charge in [0, 0.05) is 32.2 Å². The summed E-state index contributed by atoms with van der Waals surface area (Å²) >= 11 is 0. The van der Waals surface area contributed by atoms with Gasteiger partial charge >= 0.3 is 0 Å². The zero-order chi connectivity index (χ0) is 18.9. The van der Waals surface area contributed by atoms with Crippen molar-refractivity contribution in [2.75, 3.05) is 31.1 Å². The molecule has 144 valence electrons. The lowest BCUT2D eigenvalue weighted by atomic mass is 9.90. The molecule has 0 radical (unpaired) electrons. The van der Waals surface area contributed by atoms with Gasteiger partial charge < -0.3 is 10.0 Å². The molecule has 9 heteroatoms.